The van der Waals surface area contributed by atoms with E-state index in [1.807, 2.05) is 0 Å². The first-order valence-electron chi connectivity index (χ1n) is 8.20. The molecule has 0 unspecified atom stereocenters. The van der Waals surface area contributed by atoms with Gasteiger partial charge in [0, 0.05) is 18.4 Å². The Morgan fingerprint density at radius 3 is 2.43 bits per heavy atom. The van der Waals surface area contributed by atoms with Gasteiger partial charge in [0.2, 0.25) is 5.82 Å². The summed E-state index contributed by atoms with van der Waals surface area (Å²) in [6, 6.07) is 6.84. The monoisotopic (exact) mass is 400 g/mol. The smallest absolute Gasteiger partial charge is 0.406 e. The van der Waals surface area contributed by atoms with E-state index in [0.29, 0.717) is 37.0 Å². The van der Waals surface area contributed by atoms with Crippen molar-refractivity contribution in [3.05, 3.63) is 41.7 Å². The zero-order valence-electron chi connectivity index (χ0n) is 14.4. The molecule has 0 aliphatic carbocycles. The molecule has 4 rings (SSSR count). The highest BCUT2D eigenvalue weighted by atomic mass is 19.4. The third kappa shape index (κ3) is 3.49. The molecule has 28 heavy (non-hydrogen) atoms. The molecule has 1 aliphatic heterocycles. The minimum Gasteiger partial charge on any atom is -0.406 e. The summed E-state index contributed by atoms with van der Waals surface area (Å²) in [6.07, 6.45) is -4.82. The first-order chi connectivity index (χ1) is 13.1. The first kappa shape index (κ1) is 18.5. The van der Waals surface area contributed by atoms with Crippen LogP contribution in [0.5, 0.6) is 5.75 Å². The van der Waals surface area contributed by atoms with E-state index in [-0.39, 0.29) is 17.3 Å². The molecule has 0 radical (unpaired) electrons. The summed E-state index contributed by atoms with van der Waals surface area (Å²) in [5.41, 5.74) is 1.44. The maximum atomic E-state index is 13.7. The molecule has 0 N–H and O–H groups in total. The van der Waals surface area contributed by atoms with Crippen molar-refractivity contribution in [1.82, 2.24) is 19.8 Å². The zero-order chi connectivity index (χ0) is 20.1. The number of ether oxygens (including phenoxy) is 2. The predicted molar refractivity (Wildman–Crippen MR) is 86.0 cm³/mol. The Morgan fingerprint density at radius 1 is 1.07 bits per heavy atom. The van der Waals surface area contributed by atoms with Gasteiger partial charge >= 0.3 is 12.3 Å². The highest BCUT2D eigenvalue weighted by molar-refractivity contribution is 5.67. The highest BCUT2D eigenvalue weighted by Gasteiger charge is 2.33. The standard InChI is InChI=1S/C17H13F5N4O2/c1-16(18,19)15-24-23-14-5-4-13(25-26(14)15)11-3-2-10(28-17(20,21)22)6-12(11)9-7-27-8-9/h2-6,9H,7-8H2,1H3. The van der Waals surface area contributed by atoms with Crippen LogP contribution in [0.25, 0.3) is 16.9 Å². The number of alkyl halides is 5. The lowest BCUT2D eigenvalue weighted by Crippen LogP contribution is -2.26. The summed E-state index contributed by atoms with van der Waals surface area (Å²) in [7, 11) is 0. The number of hydrogen-bond acceptors (Lipinski definition) is 5. The Hall–Kier alpha value is -2.82. The number of fused-ring (bicyclic) bond motifs is 1. The van der Waals surface area contributed by atoms with Gasteiger partial charge in [-0.2, -0.15) is 18.4 Å². The lowest BCUT2D eigenvalue weighted by atomic mass is 9.91. The summed E-state index contributed by atoms with van der Waals surface area (Å²) in [4.78, 5) is 0. The van der Waals surface area contributed by atoms with E-state index in [9.17, 15) is 22.0 Å². The fourth-order valence-electron chi connectivity index (χ4n) is 2.93. The number of halogens is 5. The molecule has 11 heteroatoms. The normalized spacial score (nSPS) is 15.6. The van der Waals surface area contributed by atoms with Crippen LogP contribution in [0.4, 0.5) is 22.0 Å². The van der Waals surface area contributed by atoms with Gasteiger partial charge in [-0.15, -0.1) is 23.4 Å². The van der Waals surface area contributed by atoms with Crippen molar-refractivity contribution < 1.29 is 31.4 Å². The predicted octanol–water partition coefficient (Wildman–Crippen LogP) is 3.92. The summed E-state index contributed by atoms with van der Waals surface area (Å²) >= 11 is 0. The second-order valence-electron chi connectivity index (χ2n) is 6.43. The molecule has 1 fully saturated rings. The molecular weight excluding hydrogens is 387 g/mol. The van der Waals surface area contributed by atoms with Crippen molar-refractivity contribution in [3.63, 3.8) is 0 Å². The van der Waals surface area contributed by atoms with Gasteiger partial charge in [-0.05, 0) is 35.9 Å². The fraction of sp³-hybridized carbons (Fsp3) is 0.353. The van der Waals surface area contributed by atoms with Gasteiger partial charge in [0.1, 0.15) is 5.75 Å². The third-order valence-electron chi connectivity index (χ3n) is 4.27. The molecule has 1 aliphatic rings. The Kier molecular flexibility index (Phi) is 4.21. The molecule has 0 atom stereocenters. The molecule has 0 spiro atoms. The largest absolute Gasteiger partial charge is 0.573 e. The highest BCUT2D eigenvalue weighted by Crippen LogP contribution is 2.37. The molecule has 1 aromatic carbocycles. The van der Waals surface area contributed by atoms with Crippen LogP contribution in [0.1, 0.15) is 24.2 Å². The van der Waals surface area contributed by atoms with Crippen LogP contribution in [0.15, 0.2) is 30.3 Å². The second kappa shape index (κ2) is 6.36. The van der Waals surface area contributed by atoms with E-state index in [1.54, 1.807) is 6.07 Å². The molecule has 0 saturated carbocycles. The molecular formula is C17H13F5N4O2. The molecule has 3 aromatic rings. The van der Waals surface area contributed by atoms with Gasteiger partial charge in [-0.1, -0.05) is 0 Å². The lowest BCUT2D eigenvalue weighted by Gasteiger charge is -2.28. The summed E-state index contributed by atoms with van der Waals surface area (Å²) in [5.74, 6) is -4.42. The average Bonchev–Trinajstić information content (AvgIpc) is 2.95. The molecule has 0 amide bonds. The summed E-state index contributed by atoms with van der Waals surface area (Å²) in [6.45, 7) is 1.34. The van der Waals surface area contributed by atoms with Crippen molar-refractivity contribution in [2.45, 2.75) is 25.1 Å². The van der Waals surface area contributed by atoms with E-state index in [0.717, 1.165) is 10.6 Å². The fourth-order valence-corrected chi connectivity index (χ4v) is 2.93. The van der Waals surface area contributed by atoms with Crippen LogP contribution < -0.4 is 4.74 Å². The van der Waals surface area contributed by atoms with Crippen molar-refractivity contribution >= 4 is 5.65 Å². The van der Waals surface area contributed by atoms with Gasteiger partial charge in [-0.25, -0.2) is 0 Å². The van der Waals surface area contributed by atoms with Gasteiger partial charge in [0.25, 0.3) is 0 Å². The van der Waals surface area contributed by atoms with E-state index in [4.69, 9.17) is 4.74 Å². The van der Waals surface area contributed by atoms with E-state index < -0.39 is 18.1 Å². The van der Waals surface area contributed by atoms with Gasteiger partial charge < -0.3 is 9.47 Å². The SMILES string of the molecule is CC(F)(F)c1nnc2ccc(-c3ccc(OC(F)(F)F)cc3C3COC3)nn12. The summed E-state index contributed by atoms with van der Waals surface area (Å²) < 4.78 is 75.1. The van der Waals surface area contributed by atoms with Gasteiger partial charge in [0.15, 0.2) is 5.65 Å². The molecule has 1 saturated heterocycles. The van der Waals surface area contributed by atoms with Gasteiger partial charge in [0.05, 0.1) is 18.9 Å². The number of rotatable bonds is 4. The van der Waals surface area contributed by atoms with Crippen LogP contribution in [0.3, 0.4) is 0 Å². The van der Waals surface area contributed by atoms with E-state index in [1.165, 1.54) is 18.2 Å². The van der Waals surface area contributed by atoms with Crippen LogP contribution in [0, 0.1) is 0 Å². The Labute approximate surface area is 154 Å². The van der Waals surface area contributed by atoms with Gasteiger partial charge in [-0.3, -0.25) is 0 Å². The Balaban J connectivity index is 1.81. The topological polar surface area (TPSA) is 61.5 Å². The minimum atomic E-state index is -4.82. The third-order valence-corrected chi connectivity index (χ3v) is 4.27. The minimum absolute atomic E-state index is 0.130. The quantitative estimate of drug-likeness (QED) is 0.622. The maximum Gasteiger partial charge on any atom is 0.573 e. The molecule has 148 valence electrons. The molecule has 0 bridgehead atoms. The number of benzene rings is 1. The van der Waals surface area contributed by atoms with Crippen molar-refractivity contribution in [3.8, 4) is 17.0 Å². The number of nitrogens with zero attached hydrogens (tertiary/aromatic N) is 4. The van der Waals surface area contributed by atoms with E-state index in [2.05, 4.69) is 20.0 Å². The maximum absolute atomic E-state index is 13.7. The van der Waals surface area contributed by atoms with Crippen LogP contribution in [0.2, 0.25) is 0 Å². The summed E-state index contributed by atoms with van der Waals surface area (Å²) in [5, 5.41) is 11.3. The lowest BCUT2D eigenvalue weighted by molar-refractivity contribution is -0.274. The van der Waals surface area contributed by atoms with Crippen molar-refractivity contribution in [1.29, 1.82) is 0 Å². The second-order valence-corrected chi connectivity index (χ2v) is 6.43. The number of hydrogen-bond donors (Lipinski definition) is 0. The first-order valence-corrected chi connectivity index (χ1v) is 8.20. The van der Waals surface area contributed by atoms with E-state index >= 15 is 0 Å². The van der Waals surface area contributed by atoms with Crippen LogP contribution in [-0.4, -0.2) is 39.4 Å². The number of aromatic nitrogens is 4. The molecule has 3 heterocycles. The van der Waals surface area contributed by atoms with Crippen LogP contribution in [-0.2, 0) is 10.7 Å². The van der Waals surface area contributed by atoms with Crippen molar-refractivity contribution in [2.75, 3.05) is 13.2 Å². The Morgan fingerprint density at radius 2 is 1.82 bits per heavy atom. The average molecular weight is 400 g/mol. The molecule has 2 aromatic heterocycles. The Bertz CT molecular complexity index is 1020. The van der Waals surface area contributed by atoms with Crippen molar-refractivity contribution in [2.24, 2.45) is 0 Å². The zero-order valence-corrected chi connectivity index (χ0v) is 14.4. The van der Waals surface area contributed by atoms with Crippen LogP contribution >= 0.6 is 0 Å². The molecule has 6 nitrogen and oxygen atoms in total.